The molecule has 4 nitrogen and oxygen atoms in total. The van der Waals surface area contributed by atoms with Gasteiger partial charge in [0.2, 0.25) is 0 Å². The van der Waals surface area contributed by atoms with Crippen LogP contribution >= 0.6 is 0 Å². The lowest BCUT2D eigenvalue weighted by Gasteiger charge is -2.41. The van der Waals surface area contributed by atoms with Gasteiger partial charge in [0.05, 0.1) is 0 Å². The largest absolute Gasteiger partial charge is 0.381 e. The fraction of sp³-hybridized carbons (Fsp3) is 1.00. The van der Waals surface area contributed by atoms with E-state index in [1.165, 1.54) is 51.7 Å². The summed E-state index contributed by atoms with van der Waals surface area (Å²) in [7, 11) is 2.34. The van der Waals surface area contributed by atoms with E-state index >= 15 is 0 Å². The summed E-state index contributed by atoms with van der Waals surface area (Å²) in [6.07, 6.45) is 6.63. The molecule has 0 aliphatic carbocycles. The summed E-state index contributed by atoms with van der Waals surface area (Å²) < 4.78 is 5.63. The van der Waals surface area contributed by atoms with Gasteiger partial charge in [-0.05, 0) is 57.7 Å². The Morgan fingerprint density at radius 3 is 2.67 bits per heavy atom. The minimum atomic E-state index is 0.441. The molecule has 2 atom stereocenters. The Kier molecular flexibility index (Phi) is 5.20. The van der Waals surface area contributed by atoms with Crippen molar-refractivity contribution >= 4 is 0 Å². The quantitative estimate of drug-likeness (QED) is 0.833. The lowest BCUT2D eigenvalue weighted by atomic mass is 9.79. The van der Waals surface area contributed by atoms with Gasteiger partial charge in [0, 0.05) is 44.9 Å². The molecule has 122 valence electrons. The number of ether oxygens (including phenoxy) is 1. The van der Waals surface area contributed by atoms with Gasteiger partial charge < -0.3 is 15.0 Å². The van der Waals surface area contributed by atoms with Crippen LogP contribution in [0.3, 0.4) is 0 Å². The summed E-state index contributed by atoms with van der Waals surface area (Å²) in [6, 6.07) is 1.65. The van der Waals surface area contributed by atoms with Gasteiger partial charge in [0.1, 0.15) is 0 Å². The van der Waals surface area contributed by atoms with Crippen LogP contribution in [-0.2, 0) is 4.74 Å². The molecule has 2 unspecified atom stereocenters. The summed E-state index contributed by atoms with van der Waals surface area (Å²) in [5, 5.41) is 3.61. The molecule has 0 amide bonds. The third kappa shape index (κ3) is 3.61. The second-order valence-corrected chi connectivity index (χ2v) is 7.47. The lowest BCUT2D eigenvalue weighted by Crippen LogP contribution is -2.49. The van der Waals surface area contributed by atoms with Crippen molar-refractivity contribution in [1.29, 1.82) is 0 Å². The van der Waals surface area contributed by atoms with Crippen LogP contribution in [0.25, 0.3) is 0 Å². The summed E-state index contributed by atoms with van der Waals surface area (Å²) in [5.41, 5.74) is 0.441. The second-order valence-electron chi connectivity index (χ2n) is 7.47. The van der Waals surface area contributed by atoms with Crippen molar-refractivity contribution in [1.82, 2.24) is 15.1 Å². The molecule has 0 aromatic heterocycles. The first-order valence-electron chi connectivity index (χ1n) is 8.95. The molecule has 0 spiro atoms. The maximum atomic E-state index is 5.63. The molecule has 0 aromatic carbocycles. The van der Waals surface area contributed by atoms with Crippen LogP contribution in [0.4, 0.5) is 0 Å². The first-order chi connectivity index (χ1) is 10.2. The van der Waals surface area contributed by atoms with Gasteiger partial charge in [-0.1, -0.05) is 6.92 Å². The molecule has 0 saturated carbocycles. The average molecular weight is 295 g/mol. The number of fused-ring (bicyclic) bond motifs is 2. The van der Waals surface area contributed by atoms with Crippen molar-refractivity contribution in [3.05, 3.63) is 0 Å². The maximum absolute atomic E-state index is 5.63. The molecular formula is C17H33N3O. The Hall–Kier alpha value is -0.160. The van der Waals surface area contributed by atoms with E-state index in [1.807, 2.05) is 0 Å². The van der Waals surface area contributed by atoms with E-state index in [9.17, 15) is 0 Å². The number of hydrogen-bond acceptors (Lipinski definition) is 4. The number of hydrogen-bond donors (Lipinski definition) is 1. The summed E-state index contributed by atoms with van der Waals surface area (Å²) in [4.78, 5) is 5.42. The smallest absolute Gasteiger partial charge is 0.0472 e. The van der Waals surface area contributed by atoms with Crippen molar-refractivity contribution in [3.63, 3.8) is 0 Å². The molecule has 3 aliphatic heterocycles. The van der Waals surface area contributed by atoms with Crippen LogP contribution in [0.15, 0.2) is 0 Å². The van der Waals surface area contributed by atoms with Gasteiger partial charge in [0.15, 0.2) is 0 Å². The van der Waals surface area contributed by atoms with E-state index < -0.39 is 0 Å². The molecule has 3 heterocycles. The van der Waals surface area contributed by atoms with E-state index in [-0.39, 0.29) is 0 Å². The Labute approximate surface area is 130 Å². The van der Waals surface area contributed by atoms with Gasteiger partial charge in [-0.2, -0.15) is 0 Å². The third-order valence-corrected chi connectivity index (χ3v) is 6.10. The van der Waals surface area contributed by atoms with Crippen molar-refractivity contribution in [2.45, 2.75) is 51.1 Å². The van der Waals surface area contributed by atoms with Crippen LogP contribution in [0.2, 0.25) is 0 Å². The highest BCUT2D eigenvalue weighted by Crippen LogP contribution is 2.34. The molecule has 21 heavy (non-hydrogen) atoms. The van der Waals surface area contributed by atoms with E-state index in [1.54, 1.807) is 0 Å². The van der Waals surface area contributed by atoms with Gasteiger partial charge in [-0.25, -0.2) is 0 Å². The van der Waals surface area contributed by atoms with Crippen LogP contribution in [-0.4, -0.2) is 74.9 Å². The van der Waals surface area contributed by atoms with E-state index in [0.29, 0.717) is 5.41 Å². The molecular weight excluding hydrogens is 262 g/mol. The lowest BCUT2D eigenvalue weighted by molar-refractivity contribution is -0.00527. The Morgan fingerprint density at radius 1 is 1.14 bits per heavy atom. The molecule has 0 aromatic rings. The van der Waals surface area contributed by atoms with Crippen molar-refractivity contribution in [3.8, 4) is 0 Å². The summed E-state index contributed by atoms with van der Waals surface area (Å²) in [5.74, 6) is 0. The van der Waals surface area contributed by atoms with Gasteiger partial charge in [-0.15, -0.1) is 0 Å². The molecule has 3 saturated heterocycles. The Morgan fingerprint density at radius 2 is 1.90 bits per heavy atom. The van der Waals surface area contributed by atoms with Crippen molar-refractivity contribution in [2.24, 2.45) is 5.41 Å². The molecule has 0 radical (unpaired) electrons. The molecule has 1 N–H and O–H groups in total. The maximum Gasteiger partial charge on any atom is 0.0472 e. The molecule has 3 fully saturated rings. The zero-order chi connectivity index (χ0) is 14.7. The number of likely N-dealkylation sites (N-methyl/N-ethyl adjacent to an activating group) is 1. The fourth-order valence-electron chi connectivity index (χ4n) is 4.58. The predicted molar refractivity (Wildman–Crippen MR) is 86.7 cm³/mol. The molecule has 4 heteroatoms. The SMILES string of the molecule is CCNCC1(CN2CCC3CCC(C2)N3C)CCOCC1. The average Bonchev–Trinajstić information content (AvgIpc) is 2.75. The Bertz CT molecular complexity index is 330. The predicted octanol–water partition coefficient (Wildman–Crippen LogP) is 1.56. The van der Waals surface area contributed by atoms with Gasteiger partial charge in [-0.3, -0.25) is 4.90 Å². The number of likely N-dealkylation sites (tertiary alicyclic amines) is 1. The Balaban J connectivity index is 1.62. The molecule has 3 rings (SSSR count). The van der Waals surface area contributed by atoms with Crippen LogP contribution in [0.1, 0.15) is 39.0 Å². The molecule has 2 bridgehead atoms. The van der Waals surface area contributed by atoms with Gasteiger partial charge in [0.25, 0.3) is 0 Å². The number of nitrogens with zero attached hydrogens (tertiary/aromatic N) is 2. The minimum Gasteiger partial charge on any atom is -0.381 e. The van der Waals surface area contributed by atoms with Gasteiger partial charge >= 0.3 is 0 Å². The normalized spacial score (nSPS) is 34.0. The zero-order valence-electron chi connectivity index (χ0n) is 13.9. The van der Waals surface area contributed by atoms with Crippen LogP contribution in [0, 0.1) is 5.41 Å². The van der Waals surface area contributed by atoms with Crippen molar-refractivity contribution in [2.75, 3.05) is 53.0 Å². The minimum absolute atomic E-state index is 0.441. The van der Waals surface area contributed by atoms with E-state index in [4.69, 9.17) is 4.74 Å². The zero-order valence-corrected chi connectivity index (χ0v) is 13.9. The first-order valence-corrected chi connectivity index (χ1v) is 8.95. The topological polar surface area (TPSA) is 27.7 Å². The second kappa shape index (κ2) is 6.95. The highest BCUT2D eigenvalue weighted by atomic mass is 16.5. The van der Waals surface area contributed by atoms with Crippen LogP contribution < -0.4 is 5.32 Å². The van der Waals surface area contributed by atoms with E-state index in [0.717, 1.165) is 38.4 Å². The number of nitrogens with one attached hydrogen (secondary N) is 1. The van der Waals surface area contributed by atoms with Crippen molar-refractivity contribution < 1.29 is 4.74 Å². The first kappa shape index (κ1) is 15.7. The highest BCUT2D eigenvalue weighted by molar-refractivity contribution is 4.94. The fourth-order valence-corrected chi connectivity index (χ4v) is 4.58. The number of rotatable bonds is 5. The third-order valence-electron chi connectivity index (χ3n) is 6.10. The highest BCUT2D eigenvalue weighted by Gasteiger charge is 2.39. The summed E-state index contributed by atoms with van der Waals surface area (Å²) in [6.45, 7) is 10.2. The van der Waals surface area contributed by atoms with Crippen LogP contribution in [0.5, 0.6) is 0 Å². The summed E-state index contributed by atoms with van der Waals surface area (Å²) >= 11 is 0. The molecule has 3 aliphatic rings. The van der Waals surface area contributed by atoms with E-state index in [2.05, 4.69) is 29.1 Å². The monoisotopic (exact) mass is 295 g/mol. The standard InChI is InChI=1S/C17H33N3O/c1-3-18-13-17(7-10-21-11-8-17)14-20-9-6-15-4-5-16(12-20)19(15)2/h15-16,18H,3-14H2,1-2H3.